The van der Waals surface area contributed by atoms with Crippen LogP contribution in [-0.2, 0) is 6.42 Å². The first kappa shape index (κ1) is 12.2. The smallest absolute Gasteiger partial charge is 0.265 e. The highest BCUT2D eigenvalue weighted by atomic mass is 16.2. The molecule has 7 nitrogen and oxygen atoms in total. The molecule has 1 amide bonds. The Bertz CT molecular complexity index is 649. The molecule has 18 heavy (non-hydrogen) atoms. The quantitative estimate of drug-likeness (QED) is 0.315. The first-order valence-electron chi connectivity index (χ1n) is 5.39. The zero-order chi connectivity index (χ0) is 13.1. The molecule has 6 N–H and O–H groups in total. The number of carbonyl (C=O) groups excluding carboxylic acids is 1. The van der Waals surface area contributed by atoms with Crippen LogP contribution in [0.25, 0.3) is 11.0 Å². The number of H-pyrrole nitrogens is 1. The van der Waals surface area contributed by atoms with Crippen molar-refractivity contribution in [1.82, 2.24) is 15.4 Å². The minimum absolute atomic E-state index is 0.274. The lowest BCUT2D eigenvalue weighted by Crippen LogP contribution is -2.30. The van der Waals surface area contributed by atoms with Crippen molar-refractivity contribution in [3.05, 3.63) is 39.8 Å². The molecular weight excluding hydrogens is 234 g/mol. The van der Waals surface area contributed by atoms with E-state index >= 15 is 0 Å². The lowest BCUT2D eigenvalue weighted by molar-refractivity contribution is 0.0955. The van der Waals surface area contributed by atoms with Gasteiger partial charge in [0, 0.05) is 17.6 Å². The highest BCUT2D eigenvalue weighted by Crippen LogP contribution is 2.18. The Morgan fingerprint density at radius 2 is 2.28 bits per heavy atom. The Morgan fingerprint density at radius 3 is 2.94 bits per heavy atom. The van der Waals surface area contributed by atoms with Crippen molar-refractivity contribution in [3.63, 3.8) is 0 Å². The topological polar surface area (TPSA) is 127 Å². The van der Waals surface area contributed by atoms with Crippen molar-refractivity contribution in [2.24, 2.45) is 11.6 Å². The molecule has 0 saturated carbocycles. The second-order valence-corrected chi connectivity index (χ2v) is 3.75. The summed E-state index contributed by atoms with van der Waals surface area (Å²) in [7, 11) is 0. The predicted molar refractivity (Wildman–Crippen MR) is 66.8 cm³/mol. The van der Waals surface area contributed by atoms with Gasteiger partial charge in [0.2, 0.25) is 5.56 Å². The number of fused-ring (bicyclic) bond motifs is 1. The van der Waals surface area contributed by atoms with Gasteiger partial charge in [-0.25, -0.2) is 10.8 Å². The van der Waals surface area contributed by atoms with Crippen LogP contribution in [0.3, 0.4) is 0 Å². The molecule has 94 valence electrons. The van der Waals surface area contributed by atoms with Gasteiger partial charge in [0.05, 0.1) is 5.56 Å². The molecule has 0 spiro atoms. The lowest BCUT2D eigenvalue weighted by Gasteiger charge is -2.08. The van der Waals surface area contributed by atoms with Crippen LogP contribution in [-0.4, -0.2) is 22.4 Å². The fourth-order valence-electron chi connectivity index (χ4n) is 1.88. The highest BCUT2D eigenvalue weighted by Gasteiger charge is 2.13. The Hall–Kier alpha value is -2.25. The number of amides is 1. The third-order valence-electron chi connectivity index (χ3n) is 2.61. The summed E-state index contributed by atoms with van der Waals surface area (Å²) in [6.45, 7) is 0.372. The van der Waals surface area contributed by atoms with Crippen LogP contribution >= 0.6 is 0 Å². The number of nitrogen functional groups attached to an aromatic ring is 1. The molecule has 0 aliphatic carbocycles. The van der Waals surface area contributed by atoms with E-state index in [9.17, 15) is 9.59 Å². The first-order chi connectivity index (χ1) is 8.67. The number of aromatic amines is 1. The Labute approximate surface area is 102 Å². The largest absolute Gasteiger partial charge is 0.330 e. The van der Waals surface area contributed by atoms with Gasteiger partial charge in [-0.3, -0.25) is 15.0 Å². The number of pyridine rings is 2. The Morgan fingerprint density at radius 1 is 1.50 bits per heavy atom. The maximum absolute atomic E-state index is 11.7. The summed E-state index contributed by atoms with van der Waals surface area (Å²) in [5.74, 6) is 4.70. The molecule has 0 fully saturated rings. The average Bonchev–Trinajstić information content (AvgIpc) is 2.37. The number of hydrogen-bond donors (Lipinski definition) is 4. The van der Waals surface area contributed by atoms with Gasteiger partial charge in [0.25, 0.3) is 5.91 Å². The molecule has 7 heteroatoms. The summed E-state index contributed by atoms with van der Waals surface area (Å²) in [6.07, 6.45) is 1.92. The van der Waals surface area contributed by atoms with Crippen molar-refractivity contribution in [2.75, 3.05) is 6.54 Å². The molecule has 0 aliphatic heterocycles. The minimum atomic E-state index is -0.437. The summed E-state index contributed by atoms with van der Waals surface area (Å²) in [6, 6.07) is 2.97. The van der Waals surface area contributed by atoms with Crippen LogP contribution in [0.5, 0.6) is 0 Å². The second-order valence-electron chi connectivity index (χ2n) is 3.75. The molecule has 0 saturated heterocycles. The van der Waals surface area contributed by atoms with E-state index < -0.39 is 5.91 Å². The molecule has 2 heterocycles. The zero-order valence-electron chi connectivity index (χ0n) is 9.56. The van der Waals surface area contributed by atoms with Crippen LogP contribution in [0, 0.1) is 0 Å². The number of nitrogens with two attached hydrogens (primary N) is 2. The van der Waals surface area contributed by atoms with Crippen LogP contribution in [0.2, 0.25) is 0 Å². The molecule has 2 aromatic rings. The van der Waals surface area contributed by atoms with Gasteiger partial charge in [-0.15, -0.1) is 0 Å². The van der Waals surface area contributed by atoms with E-state index in [1.165, 1.54) is 12.3 Å². The van der Waals surface area contributed by atoms with E-state index in [-0.39, 0.29) is 5.56 Å². The normalized spacial score (nSPS) is 10.6. The first-order valence-corrected chi connectivity index (χ1v) is 5.39. The van der Waals surface area contributed by atoms with Gasteiger partial charge in [-0.1, -0.05) is 0 Å². The van der Waals surface area contributed by atoms with Crippen LogP contribution < -0.4 is 22.6 Å². The van der Waals surface area contributed by atoms with Crippen molar-refractivity contribution >= 4 is 16.9 Å². The third kappa shape index (κ3) is 2.08. The van der Waals surface area contributed by atoms with E-state index in [4.69, 9.17) is 11.6 Å². The van der Waals surface area contributed by atoms with Crippen molar-refractivity contribution in [2.45, 2.75) is 6.42 Å². The van der Waals surface area contributed by atoms with E-state index in [2.05, 4.69) is 15.4 Å². The number of nitrogens with zero attached hydrogens (tertiary/aromatic N) is 1. The molecule has 0 atom stereocenters. The van der Waals surface area contributed by atoms with Gasteiger partial charge in [-0.05, 0) is 24.6 Å². The summed E-state index contributed by atoms with van der Waals surface area (Å²) in [5.41, 5.74) is 8.70. The van der Waals surface area contributed by atoms with Gasteiger partial charge < -0.3 is 10.7 Å². The summed E-state index contributed by atoms with van der Waals surface area (Å²) < 4.78 is 0. The number of rotatable bonds is 3. The van der Waals surface area contributed by atoms with Crippen molar-refractivity contribution in [3.8, 4) is 0 Å². The molecule has 0 bridgehead atoms. The highest BCUT2D eigenvalue weighted by molar-refractivity contribution is 6.06. The zero-order valence-corrected chi connectivity index (χ0v) is 9.56. The predicted octanol–water partition coefficient (Wildman–Crippen LogP) is -0.972. The number of aromatic nitrogens is 2. The van der Waals surface area contributed by atoms with Crippen LogP contribution in [0.15, 0.2) is 23.1 Å². The van der Waals surface area contributed by atoms with Crippen molar-refractivity contribution in [1.29, 1.82) is 0 Å². The lowest BCUT2D eigenvalue weighted by atomic mass is 10.0. The van der Waals surface area contributed by atoms with Gasteiger partial charge in [-0.2, -0.15) is 0 Å². The molecule has 0 aliphatic rings. The van der Waals surface area contributed by atoms with Gasteiger partial charge in [0.15, 0.2) is 0 Å². The summed E-state index contributed by atoms with van der Waals surface area (Å²) in [5, 5.41) is 0.575. The minimum Gasteiger partial charge on any atom is -0.330 e. The van der Waals surface area contributed by atoms with E-state index in [0.29, 0.717) is 35.1 Å². The van der Waals surface area contributed by atoms with Crippen LogP contribution in [0.1, 0.15) is 15.9 Å². The second kappa shape index (κ2) is 4.94. The number of carbonyl (C=O) groups is 1. The van der Waals surface area contributed by atoms with E-state index in [0.717, 1.165) is 0 Å². The van der Waals surface area contributed by atoms with Gasteiger partial charge in [0.1, 0.15) is 5.65 Å². The number of hydrazine groups is 1. The maximum Gasteiger partial charge on any atom is 0.265 e. The monoisotopic (exact) mass is 247 g/mol. The number of nitrogens with one attached hydrogen (secondary N) is 2. The van der Waals surface area contributed by atoms with Gasteiger partial charge >= 0.3 is 0 Å². The fraction of sp³-hybridized carbons (Fsp3) is 0.182. The SMILES string of the molecule is NCCc1cc(=O)[nH]c2nccc(C(=O)NN)c12. The maximum atomic E-state index is 11.7. The molecule has 2 aromatic heterocycles. The van der Waals surface area contributed by atoms with E-state index in [1.54, 1.807) is 6.07 Å². The standard InChI is InChI=1S/C11H13N5O2/c12-3-1-6-5-8(17)15-10-9(6)7(2-4-14-10)11(18)16-13/h2,4-5H,1,3,12-13H2,(H,16,18)(H,14,15,17). The molecule has 2 rings (SSSR count). The van der Waals surface area contributed by atoms with Crippen LogP contribution in [0.4, 0.5) is 0 Å². The van der Waals surface area contributed by atoms with E-state index in [1.807, 2.05) is 0 Å². The number of hydrogen-bond acceptors (Lipinski definition) is 5. The molecule has 0 radical (unpaired) electrons. The third-order valence-corrected chi connectivity index (χ3v) is 2.61. The molecular formula is C11H13N5O2. The fourth-order valence-corrected chi connectivity index (χ4v) is 1.88. The summed E-state index contributed by atoms with van der Waals surface area (Å²) >= 11 is 0. The Kier molecular flexibility index (Phi) is 3.35. The van der Waals surface area contributed by atoms with Crippen molar-refractivity contribution < 1.29 is 4.79 Å². The Balaban J connectivity index is 2.80. The molecule has 0 aromatic carbocycles. The average molecular weight is 247 g/mol. The summed E-state index contributed by atoms with van der Waals surface area (Å²) in [4.78, 5) is 29.8. The molecule has 0 unspecified atom stereocenters.